The molecule has 98 valence electrons. The number of phenolic OH excluding ortho intramolecular Hbond substituents is 1. The number of nitrogens with one attached hydrogen (secondary N) is 1. The largest absolute Gasteiger partial charge is 0.508 e. The molecule has 2 rings (SSSR count). The first-order chi connectivity index (χ1) is 8.66. The first-order valence-corrected chi connectivity index (χ1v) is 6.13. The second-order valence-electron chi connectivity index (χ2n) is 4.46. The van der Waals surface area contributed by atoms with Crippen molar-refractivity contribution in [1.82, 2.24) is 5.32 Å². The molecule has 0 spiro atoms. The van der Waals surface area contributed by atoms with Crippen molar-refractivity contribution < 1.29 is 14.6 Å². The molecule has 1 amide bonds. The number of anilines is 1. The fourth-order valence-electron chi connectivity index (χ4n) is 1.99. The highest BCUT2D eigenvalue weighted by Gasteiger charge is 2.21. The number of carbonyl (C=O) groups is 1. The second kappa shape index (κ2) is 5.73. The molecule has 0 aliphatic carbocycles. The van der Waals surface area contributed by atoms with E-state index in [0.717, 1.165) is 19.3 Å². The van der Waals surface area contributed by atoms with Crippen molar-refractivity contribution in [2.75, 3.05) is 12.3 Å². The molecule has 1 unspecified atom stereocenters. The first-order valence-electron chi connectivity index (χ1n) is 6.13. The molecule has 4 N–H and O–H groups in total. The number of carbonyl (C=O) groups excluding carboxylic acids is 1. The molecule has 1 aliphatic heterocycles. The summed E-state index contributed by atoms with van der Waals surface area (Å²) in [6.45, 7) is 0.900. The maximum Gasteiger partial charge on any atom is 0.249 e. The van der Waals surface area contributed by atoms with Gasteiger partial charge in [0.15, 0.2) is 0 Å². The van der Waals surface area contributed by atoms with Crippen molar-refractivity contribution in [3.05, 3.63) is 23.8 Å². The molecule has 1 atom stereocenters. The van der Waals surface area contributed by atoms with Gasteiger partial charge >= 0.3 is 0 Å². The molecule has 1 aromatic rings. The molecule has 1 aliphatic rings. The van der Waals surface area contributed by atoms with Gasteiger partial charge in [-0.15, -0.1) is 0 Å². The lowest BCUT2D eigenvalue weighted by Gasteiger charge is -2.21. The van der Waals surface area contributed by atoms with E-state index in [1.165, 1.54) is 6.07 Å². The van der Waals surface area contributed by atoms with Crippen molar-refractivity contribution in [2.45, 2.75) is 31.9 Å². The summed E-state index contributed by atoms with van der Waals surface area (Å²) >= 11 is 0. The second-order valence-corrected chi connectivity index (χ2v) is 4.46. The smallest absolute Gasteiger partial charge is 0.249 e. The van der Waals surface area contributed by atoms with Crippen molar-refractivity contribution in [1.29, 1.82) is 0 Å². The first kappa shape index (κ1) is 12.7. The van der Waals surface area contributed by atoms with Crippen LogP contribution in [0, 0.1) is 0 Å². The van der Waals surface area contributed by atoms with Crippen LogP contribution in [0.25, 0.3) is 0 Å². The average Bonchev–Trinajstić information content (AvgIpc) is 2.40. The highest BCUT2D eigenvalue weighted by atomic mass is 16.5. The molecule has 1 heterocycles. The van der Waals surface area contributed by atoms with Gasteiger partial charge in [0.1, 0.15) is 11.9 Å². The van der Waals surface area contributed by atoms with Crippen LogP contribution in [0.3, 0.4) is 0 Å². The van der Waals surface area contributed by atoms with Gasteiger partial charge in [-0.2, -0.15) is 0 Å². The van der Waals surface area contributed by atoms with Gasteiger partial charge in [0, 0.05) is 24.4 Å². The molecule has 5 heteroatoms. The number of nitrogen functional groups attached to an aromatic ring is 1. The van der Waals surface area contributed by atoms with Gasteiger partial charge in [-0.25, -0.2) is 0 Å². The monoisotopic (exact) mass is 250 g/mol. The van der Waals surface area contributed by atoms with E-state index in [0.29, 0.717) is 17.9 Å². The number of ether oxygens (including phenoxy) is 1. The third-order valence-electron chi connectivity index (χ3n) is 3.03. The summed E-state index contributed by atoms with van der Waals surface area (Å²) in [6, 6.07) is 4.79. The van der Waals surface area contributed by atoms with Crippen molar-refractivity contribution in [3.8, 4) is 5.75 Å². The minimum Gasteiger partial charge on any atom is -0.508 e. The summed E-state index contributed by atoms with van der Waals surface area (Å²) in [5.41, 5.74) is 6.80. The third kappa shape index (κ3) is 3.13. The van der Waals surface area contributed by atoms with Gasteiger partial charge < -0.3 is 20.9 Å². The van der Waals surface area contributed by atoms with Crippen molar-refractivity contribution in [2.24, 2.45) is 0 Å². The number of hydrogen-bond donors (Lipinski definition) is 3. The molecule has 1 saturated heterocycles. The van der Waals surface area contributed by atoms with Gasteiger partial charge in [-0.3, -0.25) is 4.79 Å². The number of phenols is 1. The van der Waals surface area contributed by atoms with Crippen molar-refractivity contribution >= 4 is 11.6 Å². The summed E-state index contributed by atoms with van der Waals surface area (Å²) in [5, 5.41) is 12.4. The van der Waals surface area contributed by atoms with E-state index in [-0.39, 0.29) is 24.3 Å². The van der Waals surface area contributed by atoms with Crippen LogP contribution in [0.4, 0.5) is 5.69 Å². The quantitative estimate of drug-likeness (QED) is 0.555. The number of amides is 1. The molecular formula is C13H18N2O3. The topological polar surface area (TPSA) is 84.6 Å². The van der Waals surface area contributed by atoms with Crippen LogP contribution in [-0.4, -0.2) is 23.7 Å². The Balaban J connectivity index is 1.90. The van der Waals surface area contributed by atoms with E-state index in [1.807, 2.05) is 0 Å². The third-order valence-corrected chi connectivity index (χ3v) is 3.03. The van der Waals surface area contributed by atoms with Gasteiger partial charge in [-0.1, -0.05) is 0 Å². The molecule has 18 heavy (non-hydrogen) atoms. The van der Waals surface area contributed by atoms with Crippen molar-refractivity contribution in [3.63, 3.8) is 0 Å². The summed E-state index contributed by atoms with van der Waals surface area (Å²) < 4.78 is 5.38. The molecule has 1 aromatic carbocycles. The zero-order chi connectivity index (χ0) is 13.0. The van der Waals surface area contributed by atoms with Crippen LogP contribution in [-0.2, 0) is 16.1 Å². The van der Waals surface area contributed by atoms with Gasteiger partial charge in [-0.05, 0) is 37.5 Å². The maximum absolute atomic E-state index is 11.8. The molecule has 5 nitrogen and oxygen atoms in total. The van der Waals surface area contributed by atoms with E-state index in [9.17, 15) is 9.90 Å². The van der Waals surface area contributed by atoms with E-state index >= 15 is 0 Å². The summed E-state index contributed by atoms with van der Waals surface area (Å²) in [7, 11) is 0. The average molecular weight is 250 g/mol. The molecular weight excluding hydrogens is 232 g/mol. The zero-order valence-electron chi connectivity index (χ0n) is 10.2. The van der Waals surface area contributed by atoms with Gasteiger partial charge in [0.2, 0.25) is 5.91 Å². The zero-order valence-corrected chi connectivity index (χ0v) is 10.2. The van der Waals surface area contributed by atoms with E-state index in [4.69, 9.17) is 10.5 Å². The van der Waals surface area contributed by atoms with Crippen LogP contribution in [0.15, 0.2) is 18.2 Å². The summed E-state index contributed by atoms with van der Waals surface area (Å²) in [6.07, 6.45) is 2.43. The Labute approximate surface area is 106 Å². The van der Waals surface area contributed by atoms with Crippen LogP contribution < -0.4 is 11.1 Å². The number of aromatic hydroxyl groups is 1. The molecule has 0 saturated carbocycles. The Hall–Kier alpha value is -1.75. The Kier molecular flexibility index (Phi) is 4.04. The number of nitrogens with two attached hydrogens (primary N) is 1. The van der Waals surface area contributed by atoms with Gasteiger partial charge in [0.25, 0.3) is 0 Å². The standard InChI is InChI=1S/C13H18N2O3/c14-10-4-5-11(16)9(7-10)8-15-13(17)12-3-1-2-6-18-12/h4-5,7,12,16H,1-3,6,8,14H2,(H,15,17). The SMILES string of the molecule is Nc1ccc(O)c(CNC(=O)C2CCCCO2)c1. The van der Waals surface area contributed by atoms with Gasteiger partial charge in [0.05, 0.1) is 0 Å². The van der Waals surface area contributed by atoms with E-state index < -0.39 is 0 Å². The predicted octanol–water partition coefficient (Wildman–Crippen LogP) is 1.16. The number of benzene rings is 1. The summed E-state index contributed by atoms with van der Waals surface area (Å²) in [5.74, 6) is 0.00517. The Bertz CT molecular complexity index is 428. The predicted molar refractivity (Wildman–Crippen MR) is 68.0 cm³/mol. The fraction of sp³-hybridized carbons (Fsp3) is 0.462. The normalized spacial score (nSPS) is 19.4. The van der Waals surface area contributed by atoms with Crippen LogP contribution >= 0.6 is 0 Å². The lowest BCUT2D eigenvalue weighted by atomic mass is 10.1. The number of hydrogen-bond acceptors (Lipinski definition) is 4. The molecule has 0 bridgehead atoms. The molecule has 0 aromatic heterocycles. The van der Waals surface area contributed by atoms with Crippen LogP contribution in [0.5, 0.6) is 5.75 Å². The lowest BCUT2D eigenvalue weighted by Crippen LogP contribution is -2.37. The van der Waals surface area contributed by atoms with E-state index in [1.54, 1.807) is 12.1 Å². The Morgan fingerprint density at radius 2 is 2.33 bits per heavy atom. The number of rotatable bonds is 3. The Morgan fingerprint density at radius 3 is 3.06 bits per heavy atom. The minimum absolute atomic E-state index is 0.128. The molecule has 1 fully saturated rings. The summed E-state index contributed by atoms with van der Waals surface area (Å²) in [4.78, 5) is 11.8. The van der Waals surface area contributed by atoms with Crippen LogP contribution in [0.2, 0.25) is 0 Å². The lowest BCUT2D eigenvalue weighted by molar-refractivity contribution is -0.135. The Morgan fingerprint density at radius 1 is 1.50 bits per heavy atom. The minimum atomic E-state index is -0.359. The highest BCUT2D eigenvalue weighted by molar-refractivity contribution is 5.80. The van der Waals surface area contributed by atoms with Crippen LogP contribution in [0.1, 0.15) is 24.8 Å². The highest BCUT2D eigenvalue weighted by Crippen LogP contribution is 2.19. The fourth-order valence-corrected chi connectivity index (χ4v) is 1.99. The van der Waals surface area contributed by atoms with E-state index in [2.05, 4.69) is 5.32 Å². The molecule has 0 radical (unpaired) electrons. The maximum atomic E-state index is 11.8.